The summed E-state index contributed by atoms with van der Waals surface area (Å²) in [5.74, 6) is 13.1. The molecule has 0 amide bonds. The third-order valence-corrected chi connectivity index (χ3v) is 20.2. The standard InChI is InChI=1S/C38H58O2Si.C2H6.2CH3.2ClH.Zr/c1-23-13-19-35(39-23)33-21-31-27-11-7-5-9-25(27)15-17-29(31)37(33)41(3,4)38-30-18-16-26-10-6-8-12-28(26)32(30)22-34(38)36-20-14-24(2)40-36;1-2;;;;;/h13-14,19,25-34,36-38H,5-12,15-18,20-22H2,1-4H3;1-2H3;2*1H3;2*1H;/q;;2*-1;;;+4/p-2/t25?,26?,27?,28?,29?,30?,31?,32?,33?,34?,36-,37?,38?;;;;;;/m1....../s1. The van der Waals surface area contributed by atoms with E-state index in [0.717, 1.165) is 70.1 Å². The molecule has 7 aliphatic rings. The second-order valence-corrected chi connectivity index (χ2v) is 25.8. The van der Waals surface area contributed by atoms with Crippen molar-refractivity contribution in [3.63, 3.8) is 0 Å². The van der Waals surface area contributed by atoms with Gasteiger partial charge in [0.15, 0.2) is 0 Å². The van der Waals surface area contributed by atoms with E-state index in [9.17, 15) is 0 Å². The van der Waals surface area contributed by atoms with Crippen LogP contribution in [-0.2, 0) is 25.6 Å². The summed E-state index contributed by atoms with van der Waals surface area (Å²) >= 11 is -0.826. The van der Waals surface area contributed by atoms with E-state index in [1.54, 1.807) is 0 Å². The van der Waals surface area contributed by atoms with E-state index in [2.05, 4.69) is 45.2 Å². The average molecular weight is 797 g/mol. The number of fused-ring (bicyclic) bond motifs is 6. The number of aryl methyl sites for hydroxylation is 1. The topological polar surface area (TPSA) is 22.4 Å². The van der Waals surface area contributed by atoms with Gasteiger partial charge in [-0.25, -0.2) is 0 Å². The molecule has 0 spiro atoms. The van der Waals surface area contributed by atoms with E-state index in [1.807, 2.05) is 13.8 Å². The van der Waals surface area contributed by atoms with Gasteiger partial charge in [-0.3, -0.25) is 0 Å². The van der Waals surface area contributed by atoms with Crippen LogP contribution in [0.5, 0.6) is 0 Å². The molecular formula is C42H70Cl2O2SiZr. The Kier molecular flexibility index (Phi) is 15.5. The molecule has 1 aromatic rings. The molecule has 2 nitrogen and oxygen atoms in total. The molecule has 272 valence electrons. The first-order valence-electron chi connectivity index (χ1n) is 19.7. The molecule has 13 atom stereocenters. The van der Waals surface area contributed by atoms with Gasteiger partial charge < -0.3 is 24.0 Å². The number of rotatable bonds is 4. The predicted octanol–water partition coefficient (Wildman–Crippen LogP) is 14.2. The summed E-state index contributed by atoms with van der Waals surface area (Å²) < 4.78 is 13.3. The van der Waals surface area contributed by atoms with Gasteiger partial charge in [0.1, 0.15) is 17.6 Å². The van der Waals surface area contributed by atoms with Crippen LogP contribution >= 0.6 is 17.0 Å². The Labute approximate surface area is 316 Å². The van der Waals surface area contributed by atoms with Crippen molar-refractivity contribution in [2.24, 2.45) is 53.3 Å². The van der Waals surface area contributed by atoms with Crippen molar-refractivity contribution in [3.8, 4) is 0 Å². The van der Waals surface area contributed by atoms with Crippen molar-refractivity contribution in [2.45, 2.75) is 160 Å². The summed E-state index contributed by atoms with van der Waals surface area (Å²) in [6.45, 7) is 14.2. The molecule has 12 unspecified atom stereocenters. The first-order chi connectivity index (χ1) is 22.3. The molecule has 1 aliphatic heterocycles. The van der Waals surface area contributed by atoms with Gasteiger partial charge >= 0.3 is 37.9 Å². The third kappa shape index (κ3) is 7.88. The zero-order valence-electron chi connectivity index (χ0n) is 31.9. The monoisotopic (exact) mass is 794 g/mol. The van der Waals surface area contributed by atoms with Gasteiger partial charge in [-0.05, 0) is 148 Å². The summed E-state index contributed by atoms with van der Waals surface area (Å²) in [6.07, 6.45) is 25.1. The van der Waals surface area contributed by atoms with Crippen molar-refractivity contribution in [2.75, 3.05) is 0 Å². The maximum absolute atomic E-state index is 6.73. The molecule has 48 heavy (non-hydrogen) atoms. The van der Waals surface area contributed by atoms with Gasteiger partial charge in [-0.2, -0.15) is 0 Å². The quantitative estimate of drug-likeness (QED) is 0.224. The number of hydrogen-bond donors (Lipinski definition) is 0. The molecular weight excluding hydrogens is 727 g/mol. The molecule has 0 saturated heterocycles. The summed E-state index contributed by atoms with van der Waals surface area (Å²) in [5.41, 5.74) is 1.80. The van der Waals surface area contributed by atoms with Crippen LogP contribution in [0.25, 0.3) is 0 Å². The van der Waals surface area contributed by atoms with E-state index in [-0.39, 0.29) is 14.9 Å². The van der Waals surface area contributed by atoms with Gasteiger partial charge in [-0.15, -0.1) is 0 Å². The van der Waals surface area contributed by atoms with E-state index < -0.39 is 28.9 Å². The van der Waals surface area contributed by atoms with Gasteiger partial charge in [-0.1, -0.05) is 65.5 Å². The third-order valence-electron chi connectivity index (χ3n) is 15.1. The second-order valence-electron chi connectivity index (χ2n) is 17.1. The van der Waals surface area contributed by atoms with Crippen molar-refractivity contribution in [3.05, 3.63) is 50.3 Å². The SMILES string of the molecule is CC.CC1=CC[C@H](C2CC3C4CCCCC4CCC3C2[Si](C)(C)C2C(c3ccc(C)o3)CC3C4CCCCC4CCC32)O1.[CH3-].[CH3-].[Cl][Zr+2][Cl]. The van der Waals surface area contributed by atoms with Gasteiger partial charge in [0.05, 0.1) is 13.8 Å². The predicted molar refractivity (Wildman–Crippen MR) is 206 cm³/mol. The Hall–Kier alpha value is 0.500. The summed E-state index contributed by atoms with van der Waals surface area (Å²) in [7, 11) is 8.15. The van der Waals surface area contributed by atoms with Crippen LogP contribution in [0.1, 0.15) is 135 Å². The molecule has 0 bridgehead atoms. The Balaban J connectivity index is 0.000000706. The zero-order valence-corrected chi connectivity index (χ0v) is 36.9. The van der Waals surface area contributed by atoms with Gasteiger partial charge in [0.25, 0.3) is 0 Å². The normalized spacial score (nSPS) is 41.0. The first kappa shape index (κ1) is 41.3. The number of halogens is 2. The van der Waals surface area contributed by atoms with Crippen LogP contribution in [0.15, 0.2) is 28.4 Å². The fourth-order valence-corrected chi connectivity index (χ4v) is 20.2. The van der Waals surface area contributed by atoms with Crippen molar-refractivity contribution in [1.29, 1.82) is 0 Å². The van der Waals surface area contributed by atoms with E-state index in [4.69, 9.17) is 26.2 Å². The van der Waals surface area contributed by atoms with Crippen LogP contribution < -0.4 is 0 Å². The van der Waals surface area contributed by atoms with Crippen LogP contribution in [0, 0.1) is 75.0 Å². The van der Waals surface area contributed by atoms with Crippen molar-refractivity contribution in [1.82, 2.24) is 0 Å². The first-order valence-corrected chi connectivity index (χ1v) is 29.2. The van der Waals surface area contributed by atoms with Crippen LogP contribution in [0.2, 0.25) is 24.2 Å². The van der Waals surface area contributed by atoms with Crippen LogP contribution in [-0.4, -0.2) is 14.2 Å². The molecule has 6 aliphatic carbocycles. The second kappa shape index (κ2) is 18.0. The fraction of sp³-hybridized carbons (Fsp3) is 0.810. The minimum atomic E-state index is -1.72. The van der Waals surface area contributed by atoms with E-state index in [1.165, 1.54) is 108 Å². The molecule has 0 radical (unpaired) electrons. The summed E-state index contributed by atoms with van der Waals surface area (Å²) in [5, 5.41) is 0. The number of furan rings is 1. The van der Waals surface area contributed by atoms with Crippen molar-refractivity contribution >= 4 is 25.1 Å². The number of hydrogen-bond acceptors (Lipinski definition) is 2. The Bertz CT molecular complexity index is 1170. The Morgan fingerprint density at radius 1 is 0.667 bits per heavy atom. The van der Waals surface area contributed by atoms with E-state index >= 15 is 0 Å². The average Bonchev–Trinajstić information content (AvgIpc) is 3.86. The van der Waals surface area contributed by atoms with Gasteiger partial charge in [0, 0.05) is 12.3 Å². The maximum atomic E-state index is 6.73. The fourth-order valence-electron chi connectivity index (χ4n) is 13.9. The Morgan fingerprint density at radius 2 is 1.21 bits per heavy atom. The molecule has 2 heterocycles. The molecule has 0 aromatic carbocycles. The van der Waals surface area contributed by atoms with E-state index in [0.29, 0.717) is 12.0 Å². The molecule has 8 rings (SSSR count). The van der Waals surface area contributed by atoms with Crippen LogP contribution in [0.4, 0.5) is 0 Å². The zero-order chi connectivity index (χ0) is 32.6. The molecule has 1 aromatic heterocycles. The summed E-state index contributed by atoms with van der Waals surface area (Å²) in [4.78, 5) is 0. The molecule has 0 N–H and O–H groups in total. The Morgan fingerprint density at radius 3 is 1.73 bits per heavy atom. The van der Waals surface area contributed by atoms with Gasteiger partial charge in [0.2, 0.25) is 0 Å². The molecule has 6 fully saturated rings. The summed E-state index contributed by atoms with van der Waals surface area (Å²) in [6, 6.07) is 4.68. The number of ether oxygens (including phenoxy) is 1. The van der Waals surface area contributed by atoms with Crippen molar-refractivity contribution < 1.29 is 30.0 Å². The molecule has 6 saturated carbocycles. The molecule has 6 heteroatoms. The van der Waals surface area contributed by atoms with Crippen LogP contribution in [0.3, 0.4) is 0 Å². The number of allylic oxidation sites excluding steroid dienone is 1. The minimum absolute atomic E-state index is 0.